The van der Waals surface area contributed by atoms with Crippen LogP contribution in [0, 0.1) is 5.92 Å². The average molecular weight is 104 g/mol. The van der Waals surface area contributed by atoms with Crippen LogP contribution in [0.3, 0.4) is 0 Å². The van der Waals surface area contributed by atoms with Crippen LogP contribution in [-0.4, -0.2) is 17.1 Å². The first-order valence-corrected chi connectivity index (χ1v) is 3.08. The zero-order valence-electron chi connectivity index (χ0n) is 4.69. The van der Waals surface area contributed by atoms with E-state index in [1.165, 1.54) is 0 Å². The number of rotatable bonds is 2. The van der Waals surface area contributed by atoms with Crippen molar-refractivity contribution in [3.05, 3.63) is 0 Å². The van der Waals surface area contributed by atoms with Crippen molar-refractivity contribution in [1.29, 1.82) is 0 Å². The second-order valence-electron chi connectivity index (χ2n) is 1.85. The molecule has 0 heterocycles. The van der Waals surface area contributed by atoms with E-state index in [1.54, 1.807) is 0 Å². The minimum atomic E-state index is 0.711. The first kappa shape index (κ1) is 6.18. The Hall–Kier alpha value is 0.177. The molecule has 0 bridgehead atoms. The molecule has 0 unspecified atom stereocenters. The van der Waals surface area contributed by atoms with Crippen molar-refractivity contribution in [2.24, 2.45) is 5.92 Å². The molecule has 0 amide bonds. The van der Waals surface area contributed by atoms with E-state index in [0.29, 0.717) is 5.92 Å². The highest BCUT2D eigenvalue weighted by Gasteiger charge is 1.85. The molecule has 6 heavy (non-hydrogen) atoms. The number of hydrogen-bond donors (Lipinski definition) is 0. The fourth-order valence-corrected chi connectivity index (χ4v) is 1.00. The van der Waals surface area contributed by atoms with Gasteiger partial charge in [0.05, 0.1) is 0 Å². The van der Waals surface area contributed by atoms with Crippen molar-refractivity contribution in [2.45, 2.75) is 13.8 Å². The molecule has 0 atom stereocenters. The molecule has 0 spiro atoms. The molecule has 1 nitrogen and oxygen atoms in total. The van der Waals surface area contributed by atoms with Gasteiger partial charge in [-0.2, -0.15) is 0 Å². The lowest BCUT2D eigenvalue weighted by molar-refractivity contribution is 0.295. The summed E-state index contributed by atoms with van der Waals surface area (Å²) in [4.78, 5) is 0. The lowest BCUT2D eigenvalue weighted by Gasteiger charge is -1.98. The SMILES string of the molecule is CC(C)CO[SiH3]. The molecule has 0 radical (unpaired) electrons. The van der Waals surface area contributed by atoms with Gasteiger partial charge in [0.1, 0.15) is 10.5 Å². The van der Waals surface area contributed by atoms with E-state index in [9.17, 15) is 0 Å². The molecular weight excluding hydrogens is 92.1 g/mol. The van der Waals surface area contributed by atoms with Crippen LogP contribution >= 0.6 is 0 Å². The standard InChI is InChI=1S/C4H12OSi/c1-4(2)3-5-6/h4H,3H2,1-2,6H3. The molecule has 2 heteroatoms. The molecule has 0 aromatic rings. The molecule has 0 aliphatic carbocycles. The summed E-state index contributed by atoms with van der Waals surface area (Å²) in [5, 5.41) is 0. The molecule has 0 aromatic heterocycles. The van der Waals surface area contributed by atoms with Crippen molar-refractivity contribution in [1.82, 2.24) is 0 Å². The van der Waals surface area contributed by atoms with E-state index < -0.39 is 0 Å². The van der Waals surface area contributed by atoms with Crippen LogP contribution in [0.4, 0.5) is 0 Å². The predicted octanol–water partition coefficient (Wildman–Crippen LogP) is -0.0606. The summed E-state index contributed by atoms with van der Waals surface area (Å²) in [7, 11) is 0.887. The molecule has 0 aliphatic rings. The number of hydrogen-bond acceptors (Lipinski definition) is 1. The monoisotopic (exact) mass is 104 g/mol. The largest absolute Gasteiger partial charge is 0.428 e. The van der Waals surface area contributed by atoms with Gasteiger partial charge in [-0.15, -0.1) is 0 Å². The molecule has 0 rings (SSSR count). The lowest BCUT2D eigenvalue weighted by Crippen LogP contribution is -1.97. The van der Waals surface area contributed by atoms with Crippen LogP contribution < -0.4 is 0 Å². The van der Waals surface area contributed by atoms with E-state index in [4.69, 9.17) is 4.43 Å². The van der Waals surface area contributed by atoms with Crippen LogP contribution in [0.5, 0.6) is 0 Å². The summed E-state index contributed by atoms with van der Waals surface area (Å²) in [6, 6.07) is 0. The maximum absolute atomic E-state index is 4.94. The summed E-state index contributed by atoms with van der Waals surface area (Å²) >= 11 is 0. The summed E-state index contributed by atoms with van der Waals surface area (Å²) in [5.74, 6) is 0.711. The van der Waals surface area contributed by atoms with Crippen LogP contribution in [0.25, 0.3) is 0 Å². The summed E-state index contributed by atoms with van der Waals surface area (Å²) in [6.07, 6.45) is 0. The van der Waals surface area contributed by atoms with E-state index in [2.05, 4.69) is 13.8 Å². The van der Waals surface area contributed by atoms with Crippen LogP contribution in [0.2, 0.25) is 0 Å². The Kier molecular flexibility index (Phi) is 3.47. The zero-order chi connectivity index (χ0) is 4.99. The fraction of sp³-hybridized carbons (Fsp3) is 1.00. The average Bonchev–Trinajstić information content (AvgIpc) is 1.35. The normalized spacial score (nSPS) is 10.5. The smallest absolute Gasteiger partial charge is 0.145 e. The van der Waals surface area contributed by atoms with Gasteiger partial charge in [-0.25, -0.2) is 0 Å². The highest BCUT2D eigenvalue weighted by Crippen LogP contribution is 1.87. The Morgan fingerprint density at radius 1 is 1.67 bits per heavy atom. The second-order valence-corrected chi connectivity index (χ2v) is 2.43. The highest BCUT2D eigenvalue weighted by atomic mass is 28.2. The third kappa shape index (κ3) is 4.18. The Morgan fingerprint density at radius 3 is 2.17 bits per heavy atom. The van der Waals surface area contributed by atoms with E-state index in [1.807, 2.05) is 0 Å². The van der Waals surface area contributed by atoms with E-state index in [-0.39, 0.29) is 0 Å². The van der Waals surface area contributed by atoms with Gasteiger partial charge >= 0.3 is 0 Å². The van der Waals surface area contributed by atoms with Crippen molar-refractivity contribution < 1.29 is 4.43 Å². The summed E-state index contributed by atoms with van der Waals surface area (Å²) in [6.45, 7) is 5.24. The van der Waals surface area contributed by atoms with Gasteiger partial charge in [-0.3, -0.25) is 0 Å². The molecule has 0 fully saturated rings. The third-order valence-electron chi connectivity index (χ3n) is 0.500. The van der Waals surface area contributed by atoms with Crippen LogP contribution in [0.1, 0.15) is 13.8 Å². The Morgan fingerprint density at radius 2 is 2.17 bits per heavy atom. The van der Waals surface area contributed by atoms with Gasteiger partial charge in [-0.1, -0.05) is 13.8 Å². The fourth-order valence-electron chi connectivity index (χ4n) is 0.333. The Bertz CT molecular complexity index is 28.7. The molecular formula is C4H12OSi. The lowest BCUT2D eigenvalue weighted by atomic mass is 10.2. The minimum absolute atomic E-state index is 0.711. The first-order valence-electron chi connectivity index (χ1n) is 2.26. The van der Waals surface area contributed by atoms with Gasteiger partial charge in [-0.05, 0) is 5.92 Å². The maximum atomic E-state index is 4.94. The van der Waals surface area contributed by atoms with E-state index in [0.717, 1.165) is 17.1 Å². The summed E-state index contributed by atoms with van der Waals surface area (Å²) < 4.78 is 4.94. The molecule has 38 valence electrons. The topological polar surface area (TPSA) is 9.23 Å². The zero-order valence-corrected chi connectivity index (χ0v) is 6.69. The van der Waals surface area contributed by atoms with Crippen LogP contribution in [-0.2, 0) is 4.43 Å². The predicted molar refractivity (Wildman–Crippen MR) is 30.7 cm³/mol. The van der Waals surface area contributed by atoms with Crippen molar-refractivity contribution in [3.63, 3.8) is 0 Å². The molecule has 0 N–H and O–H groups in total. The van der Waals surface area contributed by atoms with E-state index >= 15 is 0 Å². The van der Waals surface area contributed by atoms with Crippen molar-refractivity contribution in [2.75, 3.05) is 6.61 Å². The molecule has 0 aromatic carbocycles. The van der Waals surface area contributed by atoms with Gasteiger partial charge in [0.15, 0.2) is 0 Å². The highest BCUT2D eigenvalue weighted by molar-refractivity contribution is 5.97. The van der Waals surface area contributed by atoms with Gasteiger partial charge < -0.3 is 4.43 Å². The third-order valence-corrected chi connectivity index (χ3v) is 0.833. The van der Waals surface area contributed by atoms with Crippen LogP contribution in [0.15, 0.2) is 0 Å². The van der Waals surface area contributed by atoms with Gasteiger partial charge in [0.25, 0.3) is 0 Å². The minimum Gasteiger partial charge on any atom is -0.428 e. The van der Waals surface area contributed by atoms with Crippen molar-refractivity contribution >= 4 is 10.5 Å². The Balaban J connectivity index is 2.63. The first-order chi connectivity index (χ1) is 2.77. The molecule has 0 saturated heterocycles. The summed E-state index contributed by atoms with van der Waals surface area (Å²) in [5.41, 5.74) is 0. The maximum Gasteiger partial charge on any atom is 0.145 e. The van der Waals surface area contributed by atoms with Gasteiger partial charge in [0, 0.05) is 6.61 Å². The Labute approximate surface area is 42.2 Å². The second kappa shape index (κ2) is 3.37. The molecule has 0 aliphatic heterocycles. The quantitative estimate of drug-likeness (QED) is 0.446. The van der Waals surface area contributed by atoms with Gasteiger partial charge in [0.2, 0.25) is 0 Å². The molecule has 0 saturated carbocycles. The van der Waals surface area contributed by atoms with Crippen molar-refractivity contribution in [3.8, 4) is 0 Å².